The van der Waals surface area contributed by atoms with E-state index < -0.39 is 0 Å². The Kier molecular flexibility index (Phi) is 2.28. The standard InChI is InChI=1S/C12H14O2/c1-14-11-5-2-4-10(8-11)12(9-13)6-3-7-12/h2,4-5,8-9H,3,6-7H2,1H3. The minimum atomic E-state index is -0.214. The fraction of sp³-hybridized carbons (Fsp3) is 0.417. The molecule has 0 bridgehead atoms. The second-order valence-electron chi connectivity index (χ2n) is 3.86. The molecular formula is C12H14O2. The lowest BCUT2D eigenvalue weighted by Gasteiger charge is -2.37. The number of carbonyl (C=O) groups excluding carboxylic acids is 1. The van der Waals surface area contributed by atoms with E-state index in [9.17, 15) is 4.79 Å². The summed E-state index contributed by atoms with van der Waals surface area (Å²) in [7, 11) is 1.65. The Morgan fingerprint density at radius 2 is 2.21 bits per heavy atom. The van der Waals surface area contributed by atoms with Crippen molar-refractivity contribution in [2.75, 3.05) is 7.11 Å². The van der Waals surface area contributed by atoms with Gasteiger partial charge < -0.3 is 9.53 Å². The molecule has 74 valence electrons. The Morgan fingerprint density at radius 3 is 2.71 bits per heavy atom. The minimum Gasteiger partial charge on any atom is -0.497 e. The zero-order valence-electron chi connectivity index (χ0n) is 8.32. The molecule has 1 fully saturated rings. The molecule has 0 radical (unpaired) electrons. The lowest BCUT2D eigenvalue weighted by Crippen LogP contribution is -2.35. The van der Waals surface area contributed by atoms with Crippen molar-refractivity contribution in [2.45, 2.75) is 24.7 Å². The maximum absolute atomic E-state index is 11.1. The van der Waals surface area contributed by atoms with E-state index in [4.69, 9.17) is 4.74 Å². The fourth-order valence-corrected chi connectivity index (χ4v) is 1.97. The van der Waals surface area contributed by atoms with Crippen molar-refractivity contribution in [2.24, 2.45) is 0 Å². The molecule has 1 aliphatic rings. The van der Waals surface area contributed by atoms with Gasteiger partial charge in [-0.25, -0.2) is 0 Å². The average Bonchev–Trinajstić information content (AvgIpc) is 2.18. The Balaban J connectivity index is 2.35. The number of carbonyl (C=O) groups is 1. The molecule has 0 aliphatic heterocycles. The number of aldehydes is 1. The van der Waals surface area contributed by atoms with Gasteiger partial charge in [-0.3, -0.25) is 0 Å². The SMILES string of the molecule is COc1cccc(C2(C=O)CCC2)c1. The van der Waals surface area contributed by atoms with Crippen LogP contribution in [0.3, 0.4) is 0 Å². The van der Waals surface area contributed by atoms with Gasteiger partial charge in [-0.15, -0.1) is 0 Å². The van der Waals surface area contributed by atoms with Crippen LogP contribution in [0, 0.1) is 0 Å². The lowest BCUT2D eigenvalue weighted by molar-refractivity contribution is -0.115. The predicted molar refractivity (Wildman–Crippen MR) is 54.6 cm³/mol. The summed E-state index contributed by atoms with van der Waals surface area (Å²) in [5.41, 5.74) is 0.882. The molecule has 1 aromatic rings. The third-order valence-electron chi connectivity index (χ3n) is 3.12. The Hall–Kier alpha value is -1.31. The van der Waals surface area contributed by atoms with Gasteiger partial charge in [0.25, 0.3) is 0 Å². The number of rotatable bonds is 3. The summed E-state index contributed by atoms with van der Waals surface area (Å²) >= 11 is 0. The van der Waals surface area contributed by atoms with Crippen LogP contribution in [0.4, 0.5) is 0 Å². The van der Waals surface area contributed by atoms with Crippen LogP contribution in [0.1, 0.15) is 24.8 Å². The van der Waals surface area contributed by atoms with Gasteiger partial charge in [-0.05, 0) is 30.5 Å². The summed E-state index contributed by atoms with van der Waals surface area (Å²) < 4.78 is 5.15. The number of methoxy groups -OCH3 is 1. The minimum absolute atomic E-state index is 0.214. The smallest absolute Gasteiger partial charge is 0.130 e. The van der Waals surface area contributed by atoms with Gasteiger partial charge in [0, 0.05) is 0 Å². The summed E-state index contributed by atoms with van der Waals surface area (Å²) in [5.74, 6) is 0.829. The van der Waals surface area contributed by atoms with Crippen molar-refractivity contribution in [1.29, 1.82) is 0 Å². The van der Waals surface area contributed by atoms with Gasteiger partial charge in [0.15, 0.2) is 0 Å². The summed E-state index contributed by atoms with van der Waals surface area (Å²) in [5, 5.41) is 0. The van der Waals surface area contributed by atoms with E-state index in [1.54, 1.807) is 7.11 Å². The van der Waals surface area contributed by atoms with Crippen molar-refractivity contribution < 1.29 is 9.53 Å². The van der Waals surface area contributed by atoms with E-state index in [1.807, 2.05) is 24.3 Å². The molecule has 2 rings (SSSR count). The summed E-state index contributed by atoms with van der Waals surface area (Å²) in [6, 6.07) is 7.82. The first-order valence-electron chi connectivity index (χ1n) is 4.92. The van der Waals surface area contributed by atoms with E-state index in [2.05, 4.69) is 0 Å². The van der Waals surface area contributed by atoms with Gasteiger partial charge in [0.1, 0.15) is 12.0 Å². The molecule has 14 heavy (non-hydrogen) atoms. The molecule has 2 nitrogen and oxygen atoms in total. The van der Waals surface area contributed by atoms with Crippen LogP contribution in [-0.4, -0.2) is 13.4 Å². The Labute approximate surface area is 83.9 Å². The van der Waals surface area contributed by atoms with Crippen LogP contribution < -0.4 is 4.74 Å². The van der Waals surface area contributed by atoms with E-state index in [0.717, 1.165) is 36.9 Å². The Morgan fingerprint density at radius 1 is 1.43 bits per heavy atom. The number of hydrogen-bond donors (Lipinski definition) is 0. The molecule has 0 amide bonds. The van der Waals surface area contributed by atoms with Crippen LogP contribution in [0.25, 0.3) is 0 Å². The first-order chi connectivity index (χ1) is 6.80. The zero-order chi connectivity index (χ0) is 10.0. The third-order valence-corrected chi connectivity index (χ3v) is 3.12. The number of benzene rings is 1. The molecule has 0 atom stereocenters. The first-order valence-corrected chi connectivity index (χ1v) is 4.92. The highest BCUT2D eigenvalue weighted by Gasteiger charge is 2.38. The van der Waals surface area contributed by atoms with Crippen molar-refractivity contribution in [3.05, 3.63) is 29.8 Å². The van der Waals surface area contributed by atoms with E-state index in [-0.39, 0.29) is 5.41 Å². The maximum atomic E-state index is 11.1. The average molecular weight is 190 g/mol. The molecule has 2 heteroatoms. The topological polar surface area (TPSA) is 26.3 Å². The first kappa shape index (κ1) is 9.25. The third kappa shape index (κ3) is 1.31. The molecular weight excluding hydrogens is 176 g/mol. The van der Waals surface area contributed by atoms with Crippen LogP contribution in [0.15, 0.2) is 24.3 Å². The predicted octanol–water partition coefficient (Wildman–Crippen LogP) is 2.32. The van der Waals surface area contributed by atoms with Gasteiger partial charge >= 0.3 is 0 Å². The lowest BCUT2D eigenvalue weighted by atomic mass is 9.65. The molecule has 0 spiro atoms. The summed E-state index contributed by atoms with van der Waals surface area (Å²) in [6.07, 6.45) is 4.19. The van der Waals surface area contributed by atoms with Crippen LogP contribution in [-0.2, 0) is 10.2 Å². The fourth-order valence-electron chi connectivity index (χ4n) is 1.97. The summed E-state index contributed by atoms with van der Waals surface area (Å²) in [6.45, 7) is 0. The van der Waals surface area contributed by atoms with Crippen LogP contribution >= 0.6 is 0 Å². The van der Waals surface area contributed by atoms with Crippen LogP contribution in [0.2, 0.25) is 0 Å². The molecule has 1 aliphatic carbocycles. The van der Waals surface area contributed by atoms with Crippen LogP contribution in [0.5, 0.6) is 5.75 Å². The quantitative estimate of drug-likeness (QED) is 0.684. The molecule has 1 saturated carbocycles. The molecule has 0 saturated heterocycles. The van der Waals surface area contributed by atoms with Crippen molar-refractivity contribution in [3.63, 3.8) is 0 Å². The highest BCUT2D eigenvalue weighted by molar-refractivity contribution is 5.70. The van der Waals surface area contributed by atoms with E-state index >= 15 is 0 Å². The largest absolute Gasteiger partial charge is 0.497 e. The summed E-state index contributed by atoms with van der Waals surface area (Å²) in [4.78, 5) is 11.1. The monoisotopic (exact) mass is 190 g/mol. The number of hydrogen-bond acceptors (Lipinski definition) is 2. The second-order valence-corrected chi connectivity index (χ2v) is 3.86. The molecule has 0 aromatic heterocycles. The van der Waals surface area contributed by atoms with Gasteiger partial charge in [-0.1, -0.05) is 18.6 Å². The van der Waals surface area contributed by atoms with Crippen molar-refractivity contribution in [1.82, 2.24) is 0 Å². The van der Waals surface area contributed by atoms with Gasteiger partial charge in [-0.2, -0.15) is 0 Å². The Bertz CT molecular complexity index is 340. The molecule has 1 aromatic carbocycles. The number of ether oxygens (including phenoxy) is 1. The molecule has 0 unspecified atom stereocenters. The highest BCUT2D eigenvalue weighted by Crippen LogP contribution is 2.42. The maximum Gasteiger partial charge on any atom is 0.130 e. The van der Waals surface area contributed by atoms with E-state index in [1.165, 1.54) is 0 Å². The molecule has 0 N–H and O–H groups in total. The normalized spacial score (nSPS) is 18.4. The molecule has 0 heterocycles. The van der Waals surface area contributed by atoms with E-state index in [0.29, 0.717) is 0 Å². The zero-order valence-corrected chi connectivity index (χ0v) is 8.32. The van der Waals surface area contributed by atoms with Gasteiger partial charge in [0.05, 0.1) is 12.5 Å². The highest BCUT2D eigenvalue weighted by atomic mass is 16.5. The second kappa shape index (κ2) is 3.45. The van der Waals surface area contributed by atoms with Gasteiger partial charge in [0.2, 0.25) is 0 Å². The van der Waals surface area contributed by atoms with Crippen molar-refractivity contribution >= 4 is 6.29 Å². The van der Waals surface area contributed by atoms with Crippen molar-refractivity contribution in [3.8, 4) is 5.75 Å².